The summed E-state index contributed by atoms with van der Waals surface area (Å²) in [5.41, 5.74) is 6.90. The Morgan fingerprint density at radius 2 is 2.28 bits per heavy atom. The summed E-state index contributed by atoms with van der Waals surface area (Å²) in [6.45, 7) is 6.20. The second-order valence-electron chi connectivity index (χ2n) is 4.21. The number of ether oxygens (including phenoxy) is 1. The van der Waals surface area contributed by atoms with Gasteiger partial charge in [0.25, 0.3) is 0 Å². The highest BCUT2D eigenvalue weighted by molar-refractivity contribution is 5.77. The van der Waals surface area contributed by atoms with Gasteiger partial charge in [-0.3, -0.25) is 4.99 Å². The van der Waals surface area contributed by atoms with Crippen molar-refractivity contribution in [2.24, 2.45) is 10.7 Å². The number of hydrogen-bond donors (Lipinski definition) is 2. The lowest BCUT2D eigenvalue weighted by molar-refractivity contribution is 0.322. The van der Waals surface area contributed by atoms with Crippen LogP contribution in [0.3, 0.4) is 0 Å². The number of benzene rings is 1. The van der Waals surface area contributed by atoms with Crippen LogP contribution in [0.25, 0.3) is 0 Å². The first-order valence-corrected chi connectivity index (χ1v) is 6.45. The number of nitrogens with one attached hydrogen (secondary N) is 1. The zero-order valence-corrected chi connectivity index (χ0v) is 11.3. The van der Waals surface area contributed by atoms with Crippen molar-refractivity contribution in [3.8, 4) is 5.75 Å². The smallest absolute Gasteiger partial charge is 0.188 e. The van der Waals surface area contributed by atoms with Crippen molar-refractivity contribution < 1.29 is 4.74 Å². The van der Waals surface area contributed by atoms with E-state index in [9.17, 15) is 0 Å². The first-order chi connectivity index (χ1) is 8.72. The Bertz CT molecular complexity index is 377. The lowest BCUT2D eigenvalue weighted by Crippen LogP contribution is -2.34. The van der Waals surface area contributed by atoms with Crippen molar-refractivity contribution >= 4 is 5.96 Å². The van der Waals surface area contributed by atoms with Crippen molar-refractivity contribution in [2.75, 3.05) is 19.7 Å². The zero-order valence-electron chi connectivity index (χ0n) is 11.3. The van der Waals surface area contributed by atoms with E-state index < -0.39 is 0 Å². The van der Waals surface area contributed by atoms with Crippen LogP contribution in [0.1, 0.15) is 25.3 Å². The minimum absolute atomic E-state index is 0.497. The van der Waals surface area contributed by atoms with Crippen molar-refractivity contribution in [1.82, 2.24) is 5.32 Å². The summed E-state index contributed by atoms with van der Waals surface area (Å²) in [4.78, 5) is 4.20. The van der Waals surface area contributed by atoms with Gasteiger partial charge in [0.05, 0.1) is 6.54 Å². The maximum Gasteiger partial charge on any atom is 0.188 e. The topological polar surface area (TPSA) is 59.6 Å². The highest BCUT2D eigenvalue weighted by atomic mass is 16.5. The molecule has 0 aliphatic rings. The fourth-order valence-electron chi connectivity index (χ4n) is 1.47. The molecule has 4 heteroatoms. The van der Waals surface area contributed by atoms with E-state index in [1.54, 1.807) is 0 Å². The molecule has 0 atom stereocenters. The summed E-state index contributed by atoms with van der Waals surface area (Å²) < 4.78 is 5.59. The maximum atomic E-state index is 5.70. The Hall–Kier alpha value is -1.71. The minimum atomic E-state index is 0.497. The molecular formula is C14H23N3O. The van der Waals surface area contributed by atoms with Gasteiger partial charge < -0.3 is 15.8 Å². The quantitative estimate of drug-likeness (QED) is 0.442. The molecule has 1 rings (SSSR count). The van der Waals surface area contributed by atoms with E-state index in [0.717, 1.165) is 25.1 Å². The van der Waals surface area contributed by atoms with Gasteiger partial charge in [-0.2, -0.15) is 0 Å². The van der Waals surface area contributed by atoms with Crippen LogP contribution in [0.15, 0.2) is 29.3 Å². The Labute approximate surface area is 109 Å². The van der Waals surface area contributed by atoms with E-state index in [1.807, 2.05) is 31.2 Å². The molecular weight excluding hydrogens is 226 g/mol. The zero-order chi connectivity index (χ0) is 13.2. The van der Waals surface area contributed by atoms with Crippen molar-refractivity contribution in [1.29, 1.82) is 0 Å². The van der Waals surface area contributed by atoms with E-state index in [4.69, 9.17) is 10.5 Å². The van der Waals surface area contributed by atoms with Gasteiger partial charge in [0, 0.05) is 6.54 Å². The van der Waals surface area contributed by atoms with Crippen LogP contribution in [0, 0.1) is 6.92 Å². The molecule has 0 fully saturated rings. The van der Waals surface area contributed by atoms with Gasteiger partial charge in [-0.15, -0.1) is 0 Å². The van der Waals surface area contributed by atoms with Crippen LogP contribution in [0.5, 0.6) is 5.75 Å². The largest absolute Gasteiger partial charge is 0.492 e. The number of aryl methyl sites for hydroxylation is 1. The maximum absolute atomic E-state index is 5.70. The fourth-order valence-corrected chi connectivity index (χ4v) is 1.47. The van der Waals surface area contributed by atoms with Crippen LogP contribution in [-0.4, -0.2) is 25.7 Å². The Morgan fingerprint density at radius 3 is 3.00 bits per heavy atom. The van der Waals surface area contributed by atoms with Crippen LogP contribution < -0.4 is 15.8 Å². The number of nitrogens with two attached hydrogens (primary N) is 1. The molecule has 18 heavy (non-hydrogen) atoms. The number of hydrogen-bond acceptors (Lipinski definition) is 2. The number of aliphatic imine (C=N–C) groups is 1. The summed E-state index contributed by atoms with van der Waals surface area (Å²) in [5, 5.41) is 3.03. The standard InChI is InChI=1S/C14H23N3O/c1-3-4-8-16-14(15)17-9-10-18-13-7-5-6-12(2)11-13/h5-7,11H,3-4,8-10H2,1-2H3,(H3,15,16,17). The van der Waals surface area contributed by atoms with E-state index in [2.05, 4.69) is 17.2 Å². The van der Waals surface area contributed by atoms with Crippen LogP contribution in [0.2, 0.25) is 0 Å². The van der Waals surface area contributed by atoms with E-state index >= 15 is 0 Å². The average Bonchev–Trinajstić information content (AvgIpc) is 2.35. The molecule has 1 aromatic rings. The molecule has 0 saturated heterocycles. The molecule has 0 unspecified atom stereocenters. The second-order valence-corrected chi connectivity index (χ2v) is 4.21. The predicted molar refractivity (Wildman–Crippen MR) is 76.1 cm³/mol. The van der Waals surface area contributed by atoms with Crippen LogP contribution >= 0.6 is 0 Å². The van der Waals surface area contributed by atoms with Gasteiger partial charge >= 0.3 is 0 Å². The molecule has 0 aliphatic heterocycles. The summed E-state index contributed by atoms with van der Waals surface area (Å²) >= 11 is 0. The molecule has 100 valence electrons. The molecule has 4 nitrogen and oxygen atoms in total. The van der Waals surface area contributed by atoms with Crippen molar-refractivity contribution in [2.45, 2.75) is 26.7 Å². The highest BCUT2D eigenvalue weighted by Crippen LogP contribution is 2.11. The van der Waals surface area contributed by atoms with Gasteiger partial charge in [0.2, 0.25) is 0 Å². The molecule has 0 aliphatic carbocycles. The molecule has 0 heterocycles. The number of nitrogens with zero attached hydrogens (tertiary/aromatic N) is 1. The Morgan fingerprint density at radius 1 is 1.44 bits per heavy atom. The van der Waals surface area contributed by atoms with Gasteiger partial charge in [0.15, 0.2) is 5.96 Å². The molecule has 0 saturated carbocycles. The van der Waals surface area contributed by atoms with Crippen molar-refractivity contribution in [3.63, 3.8) is 0 Å². The van der Waals surface area contributed by atoms with Crippen molar-refractivity contribution in [3.05, 3.63) is 29.8 Å². The van der Waals surface area contributed by atoms with E-state index in [1.165, 1.54) is 5.56 Å². The summed E-state index contributed by atoms with van der Waals surface area (Å²) in [6, 6.07) is 7.99. The first kappa shape index (κ1) is 14.4. The van der Waals surface area contributed by atoms with Gasteiger partial charge in [0.1, 0.15) is 12.4 Å². The Balaban J connectivity index is 2.16. The third-order valence-corrected chi connectivity index (χ3v) is 2.46. The monoisotopic (exact) mass is 249 g/mol. The van der Waals surface area contributed by atoms with E-state index in [-0.39, 0.29) is 0 Å². The Kier molecular flexibility index (Phi) is 6.69. The molecule has 0 bridgehead atoms. The molecule has 0 amide bonds. The lowest BCUT2D eigenvalue weighted by atomic mass is 10.2. The highest BCUT2D eigenvalue weighted by Gasteiger charge is 1.94. The summed E-state index contributed by atoms with van der Waals surface area (Å²) in [5.74, 6) is 1.38. The van der Waals surface area contributed by atoms with Gasteiger partial charge in [-0.05, 0) is 31.0 Å². The van der Waals surface area contributed by atoms with E-state index in [0.29, 0.717) is 19.1 Å². The van der Waals surface area contributed by atoms with Gasteiger partial charge in [-0.1, -0.05) is 25.5 Å². The first-order valence-electron chi connectivity index (χ1n) is 6.45. The molecule has 1 aromatic carbocycles. The third kappa shape index (κ3) is 6.13. The fraction of sp³-hybridized carbons (Fsp3) is 0.500. The van der Waals surface area contributed by atoms with Crippen LogP contribution in [0.4, 0.5) is 0 Å². The number of guanidine groups is 1. The average molecular weight is 249 g/mol. The third-order valence-electron chi connectivity index (χ3n) is 2.46. The summed E-state index contributed by atoms with van der Waals surface area (Å²) in [6.07, 6.45) is 2.20. The molecule has 3 N–H and O–H groups in total. The minimum Gasteiger partial charge on any atom is -0.492 e. The predicted octanol–water partition coefficient (Wildman–Crippen LogP) is 2.08. The molecule has 0 aromatic heterocycles. The van der Waals surface area contributed by atoms with Gasteiger partial charge in [-0.25, -0.2) is 0 Å². The molecule has 0 radical (unpaired) electrons. The lowest BCUT2D eigenvalue weighted by Gasteiger charge is -2.08. The summed E-state index contributed by atoms with van der Waals surface area (Å²) in [7, 11) is 0. The second kappa shape index (κ2) is 8.39. The number of unbranched alkanes of at least 4 members (excludes halogenated alkanes) is 1. The van der Waals surface area contributed by atoms with Crippen LogP contribution in [-0.2, 0) is 0 Å². The number of rotatable bonds is 7. The molecule has 0 spiro atoms. The normalized spacial score (nSPS) is 11.3. The SMILES string of the molecule is CCCCN=C(N)NCCOc1cccc(C)c1.